The highest BCUT2D eigenvalue weighted by Gasteiger charge is 2.45. The summed E-state index contributed by atoms with van der Waals surface area (Å²) in [5, 5.41) is 10.6. The normalized spacial score (nSPS) is 27.0. The van der Waals surface area contributed by atoms with Crippen LogP contribution < -0.4 is 0 Å². The Bertz CT molecular complexity index is 394. The molecule has 5 heteroatoms. The van der Waals surface area contributed by atoms with Gasteiger partial charge >= 0.3 is 0 Å². The van der Waals surface area contributed by atoms with Crippen molar-refractivity contribution < 1.29 is 14.0 Å². The summed E-state index contributed by atoms with van der Waals surface area (Å²) >= 11 is 0. The lowest BCUT2D eigenvalue weighted by Crippen LogP contribution is -2.51. The van der Waals surface area contributed by atoms with Crippen LogP contribution in [-0.2, 0) is 8.85 Å². The molecule has 0 heterocycles. The van der Waals surface area contributed by atoms with Crippen LogP contribution in [0.4, 0.5) is 0 Å². The van der Waals surface area contributed by atoms with Crippen molar-refractivity contribution in [3.63, 3.8) is 0 Å². The average Bonchev–Trinajstić information content (AvgIpc) is 2.31. The predicted octanol–water partition coefficient (Wildman–Crippen LogP) is 5.03. The minimum absolute atomic E-state index is 0.215. The third-order valence-corrected chi connectivity index (χ3v) is 15.6. The van der Waals surface area contributed by atoms with Crippen LogP contribution in [0.3, 0.4) is 0 Å². The largest absolute Gasteiger partial charge is 0.417 e. The zero-order chi connectivity index (χ0) is 18.3. The third kappa shape index (κ3) is 5.14. The smallest absolute Gasteiger partial charge is 0.191 e. The van der Waals surface area contributed by atoms with Crippen molar-refractivity contribution in [3.8, 4) is 0 Å². The van der Waals surface area contributed by atoms with Crippen molar-refractivity contribution >= 4 is 16.6 Å². The summed E-state index contributed by atoms with van der Waals surface area (Å²) in [6, 6.07) is 0. The lowest BCUT2D eigenvalue weighted by molar-refractivity contribution is -0.0732. The zero-order valence-electron chi connectivity index (χ0n) is 17.1. The van der Waals surface area contributed by atoms with Gasteiger partial charge in [-0.25, -0.2) is 0 Å². The molecular weight excluding hydrogens is 320 g/mol. The molecule has 3 nitrogen and oxygen atoms in total. The second-order valence-corrected chi connectivity index (χ2v) is 20.0. The van der Waals surface area contributed by atoms with Crippen LogP contribution in [0.15, 0.2) is 0 Å². The van der Waals surface area contributed by atoms with Crippen LogP contribution >= 0.6 is 0 Å². The molecule has 0 radical (unpaired) electrons. The Hall–Kier alpha value is 0.314. The van der Waals surface area contributed by atoms with Gasteiger partial charge in [-0.1, -0.05) is 41.5 Å². The Kier molecular flexibility index (Phi) is 6.41. The predicted molar refractivity (Wildman–Crippen MR) is 104 cm³/mol. The molecule has 1 fully saturated rings. The van der Waals surface area contributed by atoms with E-state index in [-0.39, 0.29) is 22.1 Å². The quantitative estimate of drug-likeness (QED) is 0.675. The summed E-state index contributed by atoms with van der Waals surface area (Å²) in [6.07, 6.45) is 0.646. The molecule has 138 valence electrons. The van der Waals surface area contributed by atoms with Crippen molar-refractivity contribution in [3.05, 3.63) is 0 Å². The Morgan fingerprint density at radius 3 is 1.57 bits per heavy atom. The summed E-state index contributed by atoms with van der Waals surface area (Å²) in [7, 11) is -3.45. The molecule has 3 atom stereocenters. The molecule has 0 bridgehead atoms. The molecule has 0 amide bonds. The van der Waals surface area contributed by atoms with Crippen molar-refractivity contribution in [2.45, 2.75) is 90.3 Å². The van der Waals surface area contributed by atoms with E-state index in [1.807, 2.05) is 0 Å². The van der Waals surface area contributed by atoms with Crippen LogP contribution in [0, 0.1) is 11.8 Å². The van der Waals surface area contributed by atoms with Gasteiger partial charge in [0.25, 0.3) is 0 Å². The molecule has 0 spiro atoms. The van der Waals surface area contributed by atoms with E-state index in [9.17, 15) is 5.11 Å². The summed E-state index contributed by atoms with van der Waals surface area (Å²) in [5.41, 5.74) is 0. The van der Waals surface area contributed by atoms with Crippen molar-refractivity contribution in [1.29, 1.82) is 0 Å². The van der Waals surface area contributed by atoms with Crippen molar-refractivity contribution in [1.82, 2.24) is 0 Å². The van der Waals surface area contributed by atoms with Gasteiger partial charge in [0, 0.05) is 19.1 Å². The molecule has 0 saturated heterocycles. The standard InChI is InChI=1S/C18H40O3Si2/c1-17(2,3)22(7,8)20-12-14-11-16(19)15(14)13-21-23(9,10)18(4,5)6/h14-16,19H,11-13H2,1-10H3. The fraction of sp³-hybridized carbons (Fsp3) is 1.00. The lowest BCUT2D eigenvalue weighted by atomic mass is 9.72. The second-order valence-electron chi connectivity index (χ2n) is 10.4. The number of hydrogen-bond donors (Lipinski definition) is 1. The SMILES string of the molecule is CC(C)(C)[Si](C)(C)OCC1CC(O)C1CO[Si](C)(C)C(C)(C)C. The molecule has 1 aliphatic carbocycles. The van der Waals surface area contributed by atoms with Crippen LogP contribution in [0.2, 0.25) is 36.3 Å². The number of aliphatic hydroxyl groups excluding tert-OH is 1. The van der Waals surface area contributed by atoms with Gasteiger partial charge in [0.05, 0.1) is 6.10 Å². The molecule has 0 aromatic carbocycles. The van der Waals surface area contributed by atoms with Crippen LogP contribution in [0.1, 0.15) is 48.0 Å². The minimum atomic E-state index is -1.74. The van der Waals surface area contributed by atoms with E-state index < -0.39 is 16.6 Å². The summed E-state index contributed by atoms with van der Waals surface area (Å²) in [5.74, 6) is 0.692. The Balaban J connectivity index is 2.55. The Morgan fingerprint density at radius 1 is 0.826 bits per heavy atom. The van der Waals surface area contributed by atoms with E-state index in [1.54, 1.807) is 0 Å². The van der Waals surface area contributed by atoms with Gasteiger partial charge in [0.15, 0.2) is 16.6 Å². The maximum Gasteiger partial charge on any atom is 0.191 e. The molecule has 1 rings (SSSR count). The van der Waals surface area contributed by atoms with E-state index in [4.69, 9.17) is 8.85 Å². The van der Waals surface area contributed by atoms with E-state index in [1.165, 1.54) is 0 Å². The van der Waals surface area contributed by atoms with E-state index in [2.05, 4.69) is 67.7 Å². The minimum Gasteiger partial charge on any atom is -0.417 e. The second kappa shape index (κ2) is 6.91. The van der Waals surface area contributed by atoms with Gasteiger partial charge in [-0.2, -0.15) is 0 Å². The van der Waals surface area contributed by atoms with Gasteiger partial charge < -0.3 is 14.0 Å². The topological polar surface area (TPSA) is 38.7 Å². The average molecular weight is 361 g/mol. The summed E-state index contributed by atoms with van der Waals surface area (Å²) in [6.45, 7) is 24.2. The first kappa shape index (κ1) is 21.4. The maximum absolute atomic E-state index is 10.2. The highest BCUT2D eigenvalue weighted by atomic mass is 28.4. The number of aliphatic hydroxyl groups is 1. The Labute approximate surface area is 146 Å². The molecule has 1 aliphatic rings. The van der Waals surface area contributed by atoms with Crippen LogP contribution in [0.5, 0.6) is 0 Å². The molecule has 1 N–H and O–H groups in total. The van der Waals surface area contributed by atoms with Crippen molar-refractivity contribution in [2.24, 2.45) is 11.8 Å². The number of hydrogen-bond acceptors (Lipinski definition) is 3. The molecule has 0 aliphatic heterocycles. The fourth-order valence-electron chi connectivity index (χ4n) is 2.27. The fourth-order valence-corrected chi connectivity index (χ4v) is 4.38. The number of rotatable bonds is 6. The molecule has 3 unspecified atom stereocenters. The zero-order valence-corrected chi connectivity index (χ0v) is 19.1. The van der Waals surface area contributed by atoms with E-state index in [0.717, 1.165) is 13.0 Å². The first-order chi connectivity index (χ1) is 10.1. The summed E-state index contributed by atoms with van der Waals surface area (Å²) in [4.78, 5) is 0. The van der Waals surface area contributed by atoms with Gasteiger partial charge in [-0.3, -0.25) is 0 Å². The lowest BCUT2D eigenvalue weighted by Gasteiger charge is -2.46. The van der Waals surface area contributed by atoms with Gasteiger partial charge in [0.1, 0.15) is 0 Å². The molecule has 0 aromatic heterocycles. The highest BCUT2D eigenvalue weighted by Crippen LogP contribution is 2.42. The third-order valence-electron chi connectivity index (χ3n) is 6.55. The van der Waals surface area contributed by atoms with Gasteiger partial charge in [-0.15, -0.1) is 0 Å². The van der Waals surface area contributed by atoms with E-state index >= 15 is 0 Å². The maximum atomic E-state index is 10.2. The van der Waals surface area contributed by atoms with E-state index in [0.29, 0.717) is 12.5 Å². The monoisotopic (exact) mass is 360 g/mol. The van der Waals surface area contributed by atoms with Crippen LogP contribution in [-0.4, -0.2) is 41.1 Å². The van der Waals surface area contributed by atoms with Gasteiger partial charge in [-0.05, 0) is 48.6 Å². The molecular formula is C18H40O3Si2. The first-order valence-corrected chi connectivity index (χ1v) is 14.9. The molecule has 0 aromatic rings. The van der Waals surface area contributed by atoms with Gasteiger partial charge in [0.2, 0.25) is 0 Å². The van der Waals surface area contributed by atoms with Crippen LogP contribution in [0.25, 0.3) is 0 Å². The first-order valence-electron chi connectivity index (χ1n) is 9.04. The highest BCUT2D eigenvalue weighted by molar-refractivity contribution is 6.74. The summed E-state index contributed by atoms with van der Waals surface area (Å²) < 4.78 is 12.7. The molecule has 1 saturated carbocycles. The van der Waals surface area contributed by atoms with Crippen molar-refractivity contribution in [2.75, 3.05) is 13.2 Å². The molecule has 23 heavy (non-hydrogen) atoms. The Morgan fingerprint density at radius 2 is 1.22 bits per heavy atom.